The number of carbonyl (C=O) groups is 1. The van der Waals surface area contributed by atoms with Crippen LogP contribution in [0, 0.1) is 10.1 Å². The van der Waals surface area contributed by atoms with E-state index in [1.54, 1.807) is 30.5 Å². The molecule has 0 aliphatic heterocycles. The van der Waals surface area contributed by atoms with Gasteiger partial charge in [0, 0.05) is 18.7 Å². The van der Waals surface area contributed by atoms with Crippen LogP contribution in [0.3, 0.4) is 0 Å². The highest BCUT2D eigenvalue weighted by molar-refractivity contribution is 5.89. The Hall–Kier alpha value is -3.29. The topological polar surface area (TPSA) is 110 Å². The smallest absolute Gasteiger partial charge is 0.287 e. The number of rotatable bonds is 5. The van der Waals surface area contributed by atoms with E-state index >= 15 is 0 Å². The van der Waals surface area contributed by atoms with Gasteiger partial charge in [0.05, 0.1) is 11.1 Å². The fourth-order valence-electron chi connectivity index (χ4n) is 1.59. The summed E-state index contributed by atoms with van der Waals surface area (Å²) < 4.78 is 0. The van der Waals surface area contributed by atoms with Gasteiger partial charge >= 0.3 is 0 Å². The maximum atomic E-state index is 10.9. The number of nitrogens with zero attached hydrogens (tertiary/aromatic N) is 3. The number of hydrogen-bond acceptors (Lipinski definition) is 6. The average Bonchev–Trinajstić information content (AvgIpc) is 2.49. The van der Waals surface area contributed by atoms with Crippen molar-refractivity contribution in [2.75, 3.05) is 10.7 Å². The molecule has 0 saturated heterocycles. The van der Waals surface area contributed by atoms with Gasteiger partial charge in [-0.1, -0.05) is 12.1 Å². The summed E-state index contributed by atoms with van der Waals surface area (Å²) in [6, 6.07) is 9.90. The molecule has 112 valence electrons. The lowest BCUT2D eigenvalue weighted by atomic mass is 10.2. The maximum Gasteiger partial charge on any atom is 0.287 e. The third-order valence-corrected chi connectivity index (χ3v) is 2.58. The molecule has 0 aliphatic rings. The van der Waals surface area contributed by atoms with Crippen LogP contribution < -0.4 is 10.7 Å². The van der Waals surface area contributed by atoms with Crippen molar-refractivity contribution >= 4 is 29.3 Å². The third-order valence-electron chi connectivity index (χ3n) is 2.58. The average molecular weight is 299 g/mol. The predicted octanol–water partition coefficient (Wildman–Crippen LogP) is 2.39. The fraction of sp³-hybridized carbons (Fsp3) is 0.0714. The Morgan fingerprint density at radius 1 is 1.27 bits per heavy atom. The minimum Gasteiger partial charge on any atom is -0.326 e. The number of nitro groups is 1. The Bertz CT molecular complexity index is 695. The number of amides is 1. The standard InChI is InChI=1S/C14H13N5O3/c1-10(20)17-12-4-2-11(3-5-12)8-16-18-14-7-6-13(9-15-14)19(21)22/h2-9H,1H3,(H,15,18)(H,17,20)/b16-8-. The molecule has 8 heteroatoms. The molecule has 0 spiro atoms. The van der Waals surface area contributed by atoms with Crippen molar-refractivity contribution in [3.8, 4) is 0 Å². The van der Waals surface area contributed by atoms with Gasteiger partial charge in [0.2, 0.25) is 5.91 Å². The second-order valence-electron chi connectivity index (χ2n) is 4.33. The summed E-state index contributed by atoms with van der Waals surface area (Å²) in [5, 5.41) is 17.1. The van der Waals surface area contributed by atoms with Gasteiger partial charge in [0.25, 0.3) is 5.69 Å². The Kier molecular flexibility index (Phi) is 4.76. The second-order valence-corrected chi connectivity index (χ2v) is 4.33. The summed E-state index contributed by atoms with van der Waals surface area (Å²) in [6.07, 6.45) is 2.72. The van der Waals surface area contributed by atoms with Gasteiger partial charge < -0.3 is 5.32 Å². The van der Waals surface area contributed by atoms with Crippen molar-refractivity contribution in [1.82, 2.24) is 4.98 Å². The van der Waals surface area contributed by atoms with Gasteiger partial charge in [-0.05, 0) is 23.8 Å². The molecule has 0 unspecified atom stereocenters. The predicted molar refractivity (Wildman–Crippen MR) is 82.9 cm³/mol. The first-order valence-electron chi connectivity index (χ1n) is 6.32. The monoisotopic (exact) mass is 299 g/mol. The van der Waals surface area contributed by atoms with Crippen LogP contribution in [0.5, 0.6) is 0 Å². The van der Waals surface area contributed by atoms with E-state index in [9.17, 15) is 14.9 Å². The fourth-order valence-corrected chi connectivity index (χ4v) is 1.59. The van der Waals surface area contributed by atoms with Gasteiger partial charge in [-0.15, -0.1) is 0 Å². The number of aromatic nitrogens is 1. The van der Waals surface area contributed by atoms with E-state index in [1.165, 1.54) is 19.1 Å². The number of hydrazone groups is 1. The van der Waals surface area contributed by atoms with Gasteiger partial charge in [-0.25, -0.2) is 4.98 Å². The zero-order valence-electron chi connectivity index (χ0n) is 11.7. The van der Waals surface area contributed by atoms with Gasteiger partial charge in [-0.2, -0.15) is 5.10 Å². The first kappa shape index (κ1) is 15.1. The molecule has 2 aromatic rings. The molecule has 2 N–H and O–H groups in total. The lowest BCUT2D eigenvalue weighted by Crippen LogP contribution is -2.05. The largest absolute Gasteiger partial charge is 0.326 e. The molecule has 0 aliphatic carbocycles. The number of nitrogens with one attached hydrogen (secondary N) is 2. The zero-order chi connectivity index (χ0) is 15.9. The molecule has 1 aromatic carbocycles. The van der Waals surface area contributed by atoms with Crippen molar-refractivity contribution in [3.63, 3.8) is 0 Å². The molecule has 0 bridgehead atoms. The van der Waals surface area contributed by atoms with Crippen molar-refractivity contribution < 1.29 is 9.72 Å². The van der Waals surface area contributed by atoms with E-state index < -0.39 is 4.92 Å². The molecule has 8 nitrogen and oxygen atoms in total. The van der Waals surface area contributed by atoms with Crippen molar-refractivity contribution in [1.29, 1.82) is 0 Å². The molecule has 1 heterocycles. The van der Waals surface area contributed by atoms with Crippen LogP contribution in [0.2, 0.25) is 0 Å². The number of anilines is 2. The number of benzene rings is 1. The molecular weight excluding hydrogens is 286 g/mol. The minimum atomic E-state index is -0.517. The van der Waals surface area contributed by atoms with E-state index in [1.807, 2.05) is 0 Å². The third kappa shape index (κ3) is 4.37. The van der Waals surface area contributed by atoms with Crippen LogP contribution in [-0.4, -0.2) is 22.0 Å². The number of hydrogen-bond donors (Lipinski definition) is 2. The Balaban J connectivity index is 1.94. The number of carbonyl (C=O) groups excluding carboxylic acids is 1. The van der Waals surface area contributed by atoms with Crippen LogP contribution in [0.4, 0.5) is 17.2 Å². The van der Waals surface area contributed by atoms with Crippen LogP contribution in [0.1, 0.15) is 12.5 Å². The normalized spacial score (nSPS) is 10.4. The summed E-state index contributed by atoms with van der Waals surface area (Å²) in [6.45, 7) is 1.44. The van der Waals surface area contributed by atoms with Gasteiger partial charge in [-0.3, -0.25) is 20.3 Å². The SMILES string of the molecule is CC(=O)Nc1ccc(/C=N\Nc2ccc([N+](=O)[O-])cn2)cc1. The summed E-state index contributed by atoms with van der Waals surface area (Å²) in [4.78, 5) is 24.7. The van der Waals surface area contributed by atoms with Crippen LogP contribution in [-0.2, 0) is 4.79 Å². The summed E-state index contributed by atoms with van der Waals surface area (Å²) >= 11 is 0. The van der Waals surface area contributed by atoms with Gasteiger partial charge in [0.1, 0.15) is 12.0 Å². The summed E-state index contributed by atoms with van der Waals surface area (Å²) in [7, 11) is 0. The lowest BCUT2D eigenvalue weighted by Gasteiger charge is -2.02. The van der Waals surface area contributed by atoms with E-state index in [0.717, 1.165) is 11.8 Å². The molecule has 0 radical (unpaired) electrons. The first-order valence-corrected chi connectivity index (χ1v) is 6.32. The second kappa shape index (κ2) is 6.93. The molecule has 0 saturated carbocycles. The van der Waals surface area contributed by atoms with Crippen LogP contribution in [0.25, 0.3) is 0 Å². The highest BCUT2D eigenvalue weighted by atomic mass is 16.6. The van der Waals surface area contributed by atoms with E-state index in [0.29, 0.717) is 11.5 Å². The number of pyridine rings is 1. The van der Waals surface area contributed by atoms with Gasteiger partial charge in [0.15, 0.2) is 0 Å². The van der Waals surface area contributed by atoms with E-state index in [2.05, 4.69) is 20.8 Å². The highest BCUT2D eigenvalue weighted by Crippen LogP contribution is 2.12. The minimum absolute atomic E-state index is 0.0805. The van der Waals surface area contributed by atoms with Crippen molar-refractivity contribution in [3.05, 3.63) is 58.3 Å². The molecule has 0 fully saturated rings. The van der Waals surface area contributed by atoms with Crippen LogP contribution >= 0.6 is 0 Å². The molecule has 22 heavy (non-hydrogen) atoms. The molecule has 0 atom stereocenters. The van der Waals surface area contributed by atoms with E-state index in [-0.39, 0.29) is 11.6 Å². The van der Waals surface area contributed by atoms with Crippen molar-refractivity contribution in [2.24, 2.45) is 5.10 Å². The Morgan fingerprint density at radius 3 is 2.55 bits per heavy atom. The maximum absolute atomic E-state index is 10.9. The quantitative estimate of drug-likeness (QED) is 0.500. The molecule has 1 aromatic heterocycles. The Morgan fingerprint density at radius 2 is 2.00 bits per heavy atom. The zero-order valence-corrected chi connectivity index (χ0v) is 11.7. The summed E-state index contributed by atoms with van der Waals surface area (Å²) in [5.74, 6) is 0.268. The molecule has 2 rings (SSSR count). The Labute approximate surface area is 126 Å². The summed E-state index contributed by atoms with van der Waals surface area (Å²) in [5.41, 5.74) is 4.12. The van der Waals surface area contributed by atoms with E-state index in [4.69, 9.17) is 0 Å². The van der Waals surface area contributed by atoms with Crippen LogP contribution in [0.15, 0.2) is 47.7 Å². The highest BCUT2D eigenvalue weighted by Gasteiger charge is 2.04. The first-order chi connectivity index (χ1) is 10.5. The molecular formula is C14H13N5O3. The van der Waals surface area contributed by atoms with Crippen molar-refractivity contribution in [2.45, 2.75) is 6.92 Å². The lowest BCUT2D eigenvalue weighted by molar-refractivity contribution is -0.385. The molecule has 1 amide bonds.